The van der Waals surface area contributed by atoms with Crippen molar-refractivity contribution in [2.24, 2.45) is 0 Å². The molecule has 0 saturated heterocycles. The summed E-state index contributed by atoms with van der Waals surface area (Å²) in [5, 5.41) is 0. The lowest BCUT2D eigenvalue weighted by atomic mass is 9.90. The van der Waals surface area contributed by atoms with E-state index in [-0.39, 0.29) is 5.78 Å². The van der Waals surface area contributed by atoms with Gasteiger partial charge in [-0.1, -0.05) is 23.8 Å². The van der Waals surface area contributed by atoms with Crippen molar-refractivity contribution >= 4 is 5.78 Å². The van der Waals surface area contributed by atoms with Gasteiger partial charge < -0.3 is 0 Å². The second-order valence-electron chi connectivity index (χ2n) is 5.48. The molecule has 0 saturated carbocycles. The fourth-order valence-corrected chi connectivity index (χ4v) is 1.63. The molecule has 94 valence electrons. The first-order valence-corrected chi connectivity index (χ1v) is 6.02. The Morgan fingerprint density at radius 1 is 1.24 bits per heavy atom. The largest absolute Gasteiger partial charge is 0.298 e. The highest BCUT2D eigenvalue weighted by molar-refractivity contribution is 5.89. The molecular formula is C15H23NO. The van der Waals surface area contributed by atoms with Crippen LogP contribution in [0.15, 0.2) is 18.2 Å². The summed E-state index contributed by atoms with van der Waals surface area (Å²) >= 11 is 0. The minimum Gasteiger partial charge on any atom is -0.298 e. The maximum absolute atomic E-state index is 12.3. The number of aryl methyl sites for hydroxylation is 2. The zero-order valence-corrected chi connectivity index (χ0v) is 11.8. The molecule has 0 aliphatic heterocycles. The van der Waals surface area contributed by atoms with E-state index >= 15 is 0 Å². The molecule has 0 radical (unpaired) electrons. The van der Waals surface area contributed by atoms with Crippen LogP contribution in [0, 0.1) is 13.8 Å². The number of hydrogen-bond donors (Lipinski definition) is 0. The molecule has 0 spiro atoms. The van der Waals surface area contributed by atoms with Gasteiger partial charge in [-0.25, -0.2) is 0 Å². The number of nitrogens with zero attached hydrogens (tertiary/aromatic N) is 1. The summed E-state index contributed by atoms with van der Waals surface area (Å²) in [6, 6.07) is 6.28. The summed E-state index contributed by atoms with van der Waals surface area (Å²) in [6.07, 6.45) is 0.513. The standard InChI is InChI=1S/C15H23NO/c1-11-7-8-12(2)13(9-11)10-14(17)15(3,4)16(5)6/h7-9H,10H2,1-6H3. The maximum Gasteiger partial charge on any atom is 0.156 e. The number of likely N-dealkylation sites (N-methyl/N-ethyl adjacent to an activating group) is 1. The molecule has 0 aliphatic rings. The fourth-order valence-electron chi connectivity index (χ4n) is 1.63. The molecule has 0 aromatic heterocycles. The van der Waals surface area contributed by atoms with E-state index in [1.165, 1.54) is 11.1 Å². The molecule has 0 bridgehead atoms. The Morgan fingerprint density at radius 2 is 1.82 bits per heavy atom. The van der Waals surface area contributed by atoms with E-state index in [0.29, 0.717) is 6.42 Å². The highest BCUT2D eigenvalue weighted by Gasteiger charge is 2.29. The number of rotatable bonds is 4. The van der Waals surface area contributed by atoms with Crippen LogP contribution in [0.4, 0.5) is 0 Å². The molecule has 1 aromatic rings. The zero-order valence-electron chi connectivity index (χ0n) is 11.8. The van der Waals surface area contributed by atoms with Crippen LogP contribution < -0.4 is 0 Å². The molecule has 0 amide bonds. The zero-order chi connectivity index (χ0) is 13.2. The first kappa shape index (κ1) is 13.9. The number of carbonyl (C=O) groups is 1. The van der Waals surface area contributed by atoms with Crippen molar-refractivity contribution in [3.8, 4) is 0 Å². The minimum atomic E-state index is -0.407. The summed E-state index contributed by atoms with van der Waals surface area (Å²) < 4.78 is 0. The normalized spacial score (nSPS) is 11.9. The number of benzene rings is 1. The predicted molar refractivity (Wildman–Crippen MR) is 72.4 cm³/mol. The quantitative estimate of drug-likeness (QED) is 0.797. The molecule has 0 heterocycles. The van der Waals surface area contributed by atoms with Crippen molar-refractivity contribution in [2.75, 3.05) is 14.1 Å². The van der Waals surface area contributed by atoms with Gasteiger partial charge in [0.15, 0.2) is 5.78 Å². The van der Waals surface area contributed by atoms with E-state index < -0.39 is 5.54 Å². The van der Waals surface area contributed by atoms with Gasteiger partial charge in [0.25, 0.3) is 0 Å². The number of hydrogen-bond acceptors (Lipinski definition) is 2. The van der Waals surface area contributed by atoms with Gasteiger partial charge in [0.2, 0.25) is 0 Å². The molecule has 2 heteroatoms. The van der Waals surface area contributed by atoms with Gasteiger partial charge in [-0.15, -0.1) is 0 Å². The van der Waals surface area contributed by atoms with Crippen LogP contribution in [0.25, 0.3) is 0 Å². The van der Waals surface area contributed by atoms with Gasteiger partial charge in [0, 0.05) is 6.42 Å². The smallest absolute Gasteiger partial charge is 0.156 e. The van der Waals surface area contributed by atoms with Crippen molar-refractivity contribution in [2.45, 2.75) is 39.7 Å². The summed E-state index contributed by atoms with van der Waals surface area (Å²) in [5.74, 6) is 0.260. The lowest BCUT2D eigenvalue weighted by Gasteiger charge is -2.31. The average Bonchev–Trinajstić information content (AvgIpc) is 2.23. The van der Waals surface area contributed by atoms with Crippen molar-refractivity contribution in [1.29, 1.82) is 0 Å². The molecule has 0 fully saturated rings. The van der Waals surface area contributed by atoms with Gasteiger partial charge in [-0.3, -0.25) is 9.69 Å². The topological polar surface area (TPSA) is 20.3 Å². The third-order valence-corrected chi connectivity index (χ3v) is 3.66. The second-order valence-corrected chi connectivity index (χ2v) is 5.48. The molecule has 0 aliphatic carbocycles. The van der Waals surface area contributed by atoms with E-state index in [2.05, 4.69) is 32.0 Å². The Hall–Kier alpha value is -1.15. The van der Waals surface area contributed by atoms with Crippen LogP contribution >= 0.6 is 0 Å². The monoisotopic (exact) mass is 233 g/mol. The summed E-state index contributed by atoms with van der Waals surface area (Å²) in [7, 11) is 3.89. The van der Waals surface area contributed by atoms with Gasteiger partial charge in [-0.2, -0.15) is 0 Å². The SMILES string of the molecule is Cc1ccc(C)c(CC(=O)C(C)(C)N(C)C)c1. The highest BCUT2D eigenvalue weighted by atomic mass is 16.1. The lowest BCUT2D eigenvalue weighted by molar-refractivity contribution is -0.127. The summed E-state index contributed by atoms with van der Waals surface area (Å²) in [6.45, 7) is 8.07. The molecule has 0 N–H and O–H groups in total. The first-order valence-electron chi connectivity index (χ1n) is 6.02. The van der Waals surface area contributed by atoms with Crippen LogP contribution in [0.3, 0.4) is 0 Å². The minimum absolute atomic E-state index is 0.260. The van der Waals surface area contributed by atoms with E-state index in [4.69, 9.17) is 0 Å². The average molecular weight is 233 g/mol. The Morgan fingerprint density at radius 3 is 2.35 bits per heavy atom. The number of ketones is 1. The van der Waals surface area contributed by atoms with Crippen molar-refractivity contribution in [1.82, 2.24) is 4.90 Å². The Kier molecular flexibility index (Phi) is 4.10. The van der Waals surface area contributed by atoms with Crippen molar-refractivity contribution in [3.63, 3.8) is 0 Å². The van der Waals surface area contributed by atoms with Crippen molar-refractivity contribution < 1.29 is 4.79 Å². The third-order valence-electron chi connectivity index (χ3n) is 3.66. The predicted octanol–water partition coefficient (Wildman–Crippen LogP) is 2.76. The van der Waals surface area contributed by atoms with E-state index in [0.717, 1.165) is 5.56 Å². The van der Waals surface area contributed by atoms with Crippen LogP contribution in [-0.2, 0) is 11.2 Å². The molecule has 0 unspecified atom stereocenters. The van der Waals surface area contributed by atoms with Gasteiger partial charge in [-0.05, 0) is 52.9 Å². The van der Waals surface area contributed by atoms with E-state index in [1.54, 1.807) is 0 Å². The molecular weight excluding hydrogens is 210 g/mol. The van der Waals surface area contributed by atoms with Crippen LogP contribution in [0.2, 0.25) is 0 Å². The Balaban J connectivity index is 2.92. The Bertz CT molecular complexity index is 419. The van der Waals surface area contributed by atoms with Gasteiger partial charge in [0.1, 0.15) is 0 Å². The molecule has 0 atom stereocenters. The van der Waals surface area contributed by atoms with Crippen LogP contribution in [0.1, 0.15) is 30.5 Å². The molecule has 2 nitrogen and oxygen atoms in total. The van der Waals surface area contributed by atoms with Crippen LogP contribution in [-0.4, -0.2) is 30.3 Å². The maximum atomic E-state index is 12.3. The third kappa shape index (κ3) is 3.16. The highest BCUT2D eigenvalue weighted by Crippen LogP contribution is 2.18. The van der Waals surface area contributed by atoms with Gasteiger partial charge >= 0.3 is 0 Å². The fraction of sp³-hybridized carbons (Fsp3) is 0.533. The number of Topliss-reactive ketones (excluding diaryl/α,β-unsaturated/α-hetero) is 1. The van der Waals surface area contributed by atoms with E-state index in [9.17, 15) is 4.79 Å². The number of carbonyl (C=O) groups excluding carboxylic acids is 1. The molecule has 17 heavy (non-hydrogen) atoms. The molecule has 1 rings (SSSR count). The second kappa shape index (κ2) is 5.01. The van der Waals surface area contributed by atoms with E-state index in [1.807, 2.05) is 32.8 Å². The molecule has 1 aromatic carbocycles. The summed E-state index contributed by atoms with van der Waals surface area (Å²) in [4.78, 5) is 14.3. The Labute approximate surface area is 105 Å². The van der Waals surface area contributed by atoms with Crippen molar-refractivity contribution in [3.05, 3.63) is 34.9 Å². The summed E-state index contributed by atoms with van der Waals surface area (Å²) in [5.41, 5.74) is 3.14. The van der Waals surface area contributed by atoms with Crippen LogP contribution in [0.5, 0.6) is 0 Å². The first-order chi connectivity index (χ1) is 7.75. The van der Waals surface area contributed by atoms with Gasteiger partial charge in [0.05, 0.1) is 5.54 Å². The lowest BCUT2D eigenvalue weighted by Crippen LogP contribution is -2.46.